The average Bonchev–Trinajstić information content (AvgIpc) is 3.17. The van der Waals surface area contributed by atoms with Gasteiger partial charge < -0.3 is 19.5 Å². The van der Waals surface area contributed by atoms with Gasteiger partial charge in [0.25, 0.3) is 0 Å². The lowest BCUT2D eigenvalue weighted by Crippen LogP contribution is -2.54. The standard InChI is InChI=1S/C13H23NO3.C12H15BrN2O/c1-12(2,3)17-11(16)14-6-4-5-13(9-14)7-10(15)8-13;1-3-16-5-4-9-8(2)6-11-10(12(9)13)7-14-15-11/h10,15H,4-9H2,1-3H3;6-7H,3-5H2,1-2H3,(H,14,15). The zero-order chi connectivity index (χ0) is 24.2. The maximum atomic E-state index is 12.0. The zero-order valence-electron chi connectivity index (χ0n) is 20.5. The Kier molecular flexibility index (Phi) is 8.45. The second kappa shape index (κ2) is 10.7. The third kappa shape index (κ3) is 6.70. The Morgan fingerprint density at radius 3 is 2.76 bits per heavy atom. The number of aliphatic hydroxyl groups is 1. The summed E-state index contributed by atoms with van der Waals surface area (Å²) < 4.78 is 11.9. The minimum atomic E-state index is -0.430. The first-order chi connectivity index (χ1) is 15.5. The van der Waals surface area contributed by atoms with Crippen molar-refractivity contribution in [1.82, 2.24) is 15.1 Å². The van der Waals surface area contributed by atoms with E-state index in [4.69, 9.17) is 9.47 Å². The average molecular weight is 525 g/mol. The molecule has 1 saturated heterocycles. The van der Waals surface area contributed by atoms with Crippen LogP contribution in [-0.4, -0.2) is 64.3 Å². The molecular formula is C25H38BrN3O4. The van der Waals surface area contributed by atoms with Crippen LogP contribution in [0.2, 0.25) is 0 Å². The molecule has 1 saturated carbocycles. The third-order valence-corrected chi connectivity index (χ3v) is 7.26. The van der Waals surface area contributed by atoms with Crippen LogP contribution in [0.1, 0.15) is 64.5 Å². The van der Waals surface area contributed by atoms with Crippen molar-refractivity contribution in [2.24, 2.45) is 5.41 Å². The lowest BCUT2D eigenvalue weighted by atomic mass is 9.62. The molecule has 2 aromatic rings. The number of rotatable bonds is 4. The fourth-order valence-electron chi connectivity index (χ4n) is 4.81. The first-order valence-electron chi connectivity index (χ1n) is 11.9. The highest BCUT2D eigenvalue weighted by Crippen LogP contribution is 2.47. The van der Waals surface area contributed by atoms with Crippen LogP contribution in [-0.2, 0) is 15.9 Å². The maximum Gasteiger partial charge on any atom is 0.410 e. The van der Waals surface area contributed by atoms with E-state index in [1.54, 1.807) is 4.90 Å². The number of piperidine rings is 1. The largest absolute Gasteiger partial charge is 0.444 e. The lowest BCUT2D eigenvalue weighted by molar-refractivity contribution is -0.0767. The molecule has 2 fully saturated rings. The molecule has 0 bridgehead atoms. The van der Waals surface area contributed by atoms with Gasteiger partial charge in [0.2, 0.25) is 0 Å². The van der Waals surface area contributed by atoms with Crippen LogP contribution in [0.3, 0.4) is 0 Å². The molecule has 184 valence electrons. The molecule has 4 rings (SSSR count). The van der Waals surface area contributed by atoms with Gasteiger partial charge >= 0.3 is 6.09 Å². The van der Waals surface area contributed by atoms with Crippen LogP contribution in [0.25, 0.3) is 10.9 Å². The summed E-state index contributed by atoms with van der Waals surface area (Å²) in [6, 6.07) is 2.13. The number of carbonyl (C=O) groups is 1. The smallest absolute Gasteiger partial charge is 0.410 e. The van der Waals surface area contributed by atoms with Crippen molar-refractivity contribution in [3.63, 3.8) is 0 Å². The van der Waals surface area contributed by atoms with Crippen molar-refractivity contribution in [1.29, 1.82) is 0 Å². The molecule has 1 aliphatic heterocycles. The van der Waals surface area contributed by atoms with Gasteiger partial charge in [-0.1, -0.05) is 0 Å². The van der Waals surface area contributed by atoms with E-state index in [0.717, 1.165) is 73.8 Å². The Morgan fingerprint density at radius 2 is 2.12 bits per heavy atom. The third-order valence-electron chi connectivity index (χ3n) is 6.36. The quantitative estimate of drug-likeness (QED) is 0.525. The van der Waals surface area contributed by atoms with Crippen molar-refractivity contribution in [3.05, 3.63) is 27.9 Å². The molecule has 1 aliphatic carbocycles. The van der Waals surface area contributed by atoms with E-state index in [0.29, 0.717) is 0 Å². The fourth-order valence-corrected chi connectivity index (χ4v) is 5.64. The molecule has 33 heavy (non-hydrogen) atoms. The van der Waals surface area contributed by atoms with Crippen LogP contribution in [0.4, 0.5) is 4.79 Å². The number of likely N-dealkylation sites (tertiary alicyclic amines) is 1. The Balaban J connectivity index is 0.000000186. The Bertz CT molecular complexity index is 942. The number of aromatic nitrogens is 2. The van der Waals surface area contributed by atoms with Crippen LogP contribution in [0, 0.1) is 12.3 Å². The van der Waals surface area contributed by atoms with Crippen LogP contribution in [0.15, 0.2) is 16.7 Å². The van der Waals surface area contributed by atoms with Gasteiger partial charge in [0, 0.05) is 29.6 Å². The molecule has 2 heterocycles. The van der Waals surface area contributed by atoms with Gasteiger partial charge in [-0.2, -0.15) is 5.10 Å². The van der Waals surface area contributed by atoms with Crippen molar-refractivity contribution in [2.75, 3.05) is 26.3 Å². The van der Waals surface area contributed by atoms with Gasteiger partial charge in [-0.3, -0.25) is 5.10 Å². The summed E-state index contributed by atoms with van der Waals surface area (Å²) in [5.74, 6) is 0. The number of ether oxygens (including phenoxy) is 2. The number of H-pyrrole nitrogens is 1. The minimum absolute atomic E-state index is 0.159. The maximum absolute atomic E-state index is 12.0. The number of benzene rings is 1. The van der Waals surface area contributed by atoms with E-state index in [1.807, 2.05) is 33.9 Å². The number of amides is 1. The number of nitrogens with zero attached hydrogens (tertiary/aromatic N) is 2. The number of aryl methyl sites for hydroxylation is 1. The molecule has 1 amide bonds. The van der Waals surface area contributed by atoms with E-state index in [9.17, 15) is 9.90 Å². The minimum Gasteiger partial charge on any atom is -0.444 e. The van der Waals surface area contributed by atoms with Crippen molar-refractivity contribution >= 4 is 32.9 Å². The Morgan fingerprint density at radius 1 is 1.39 bits per heavy atom. The molecule has 0 unspecified atom stereocenters. The number of aromatic amines is 1. The van der Waals surface area contributed by atoms with E-state index in [-0.39, 0.29) is 17.6 Å². The summed E-state index contributed by atoms with van der Waals surface area (Å²) in [5.41, 5.74) is 3.39. The number of hydrogen-bond acceptors (Lipinski definition) is 5. The van der Waals surface area contributed by atoms with Crippen LogP contribution >= 0.6 is 15.9 Å². The number of fused-ring (bicyclic) bond motifs is 1. The lowest BCUT2D eigenvalue weighted by Gasteiger charge is -2.51. The van der Waals surface area contributed by atoms with Gasteiger partial charge in [0.15, 0.2) is 0 Å². The highest BCUT2D eigenvalue weighted by Gasteiger charge is 2.47. The van der Waals surface area contributed by atoms with Crippen molar-refractivity contribution in [3.8, 4) is 0 Å². The first kappa shape index (κ1) is 26.0. The summed E-state index contributed by atoms with van der Waals surface area (Å²) in [4.78, 5) is 13.8. The van der Waals surface area contributed by atoms with E-state index >= 15 is 0 Å². The highest BCUT2D eigenvalue weighted by molar-refractivity contribution is 9.10. The van der Waals surface area contributed by atoms with Gasteiger partial charge in [0.1, 0.15) is 5.60 Å². The Hall–Kier alpha value is -1.64. The molecule has 7 nitrogen and oxygen atoms in total. The number of hydrogen-bond donors (Lipinski definition) is 2. The van der Waals surface area contributed by atoms with E-state index < -0.39 is 5.60 Å². The second-order valence-corrected chi connectivity index (χ2v) is 11.1. The SMILES string of the molecule is CC(C)(C)OC(=O)N1CCCC2(CC(O)C2)C1.CCOCCc1c(C)cc2[nH]ncc2c1Br. The van der Waals surface area contributed by atoms with Crippen molar-refractivity contribution < 1.29 is 19.4 Å². The molecule has 1 aromatic heterocycles. The van der Waals surface area contributed by atoms with Gasteiger partial charge in [0.05, 0.1) is 24.4 Å². The van der Waals surface area contributed by atoms with E-state index in [2.05, 4.69) is 39.1 Å². The molecular weight excluding hydrogens is 486 g/mol. The van der Waals surface area contributed by atoms with Gasteiger partial charge in [-0.25, -0.2) is 4.79 Å². The topological polar surface area (TPSA) is 87.7 Å². The highest BCUT2D eigenvalue weighted by atomic mass is 79.9. The molecule has 2 aliphatic rings. The van der Waals surface area contributed by atoms with Crippen LogP contribution in [0.5, 0.6) is 0 Å². The van der Waals surface area contributed by atoms with Gasteiger partial charge in [-0.15, -0.1) is 0 Å². The molecule has 0 atom stereocenters. The summed E-state index contributed by atoms with van der Waals surface area (Å²) >= 11 is 3.65. The second-order valence-electron chi connectivity index (χ2n) is 10.3. The predicted molar refractivity (Wildman–Crippen MR) is 133 cm³/mol. The molecule has 2 N–H and O–H groups in total. The molecule has 0 radical (unpaired) electrons. The van der Waals surface area contributed by atoms with Crippen LogP contribution < -0.4 is 0 Å². The number of carbonyl (C=O) groups excluding carboxylic acids is 1. The van der Waals surface area contributed by atoms with E-state index in [1.165, 1.54) is 11.1 Å². The predicted octanol–water partition coefficient (Wildman–Crippen LogP) is 5.37. The Labute approximate surface area is 205 Å². The monoisotopic (exact) mass is 523 g/mol. The summed E-state index contributed by atoms with van der Waals surface area (Å²) in [6.07, 6.45) is 6.24. The number of halogens is 1. The summed E-state index contributed by atoms with van der Waals surface area (Å²) in [5, 5.41) is 17.6. The summed E-state index contributed by atoms with van der Waals surface area (Å²) in [6.45, 7) is 12.9. The normalized spacial score (nSPS) is 22.6. The first-order valence-corrected chi connectivity index (χ1v) is 12.7. The molecule has 1 aromatic carbocycles. The zero-order valence-corrected chi connectivity index (χ0v) is 22.1. The summed E-state index contributed by atoms with van der Waals surface area (Å²) in [7, 11) is 0. The number of nitrogens with one attached hydrogen (secondary N) is 1. The fraction of sp³-hybridized carbons (Fsp3) is 0.680. The van der Waals surface area contributed by atoms with Crippen molar-refractivity contribution in [2.45, 2.75) is 78.4 Å². The van der Waals surface area contributed by atoms with Gasteiger partial charge in [-0.05, 0) is 105 Å². The number of aliphatic hydroxyl groups excluding tert-OH is 1. The molecule has 8 heteroatoms. The molecule has 1 spiro atoms.